The normalized spacial score (nSPS) is 14.1. The SMILES string of the molecule is CCC(C)(CNC(=O)/C=C/c1c(C)nn(C)c1C)C(=O)O. The van der Waals surface area contributed by atoms with Crippen LogP contribution in [0.2, 0.25) is 0 Å². The first-order valence-corrected chi connectivity index (χ1v) is 6.90. The maximum absolute atomic E-state index is 11.8. The number of aromatic nitrogens is 2. The lowest BCUT2D eigenvalue weighted by Gasteiger charge is -2.22. The first kappa shape index (κ1) is 16.9. The van der Waals surface area contributed by atoms with E-state index in [4.69, 9.17) is 5.11 Å². The van der Waals surface area contributed by atoms with Crippen LogP contribution in [0.1, 0.15) is 37.2 Å². The van der Waals surface area contributed by atoms with Gasteiger partial charge >= 0.3 is 5.97 Å². The Morgan fingerprint density at radius 1 is 1.43 bits per heavy atom. The Bertz CT molecular complexity index is 575. The van der Waals surface area contributed by atoms with Crippen LogP contribution in [0.25, 0.3) is 6.08 Å². The average Bonchev–Trinajstić information content (AvgIpc) is 2.67. The van der Waals surface area contributed by atoms with Crippen molar-refractivity contribution >= 4 is 18.0 Å². The van der Waals surface area contributed by atoms with Crippen LogP contribution in [0.5, 0.6) is 0 Å². The zero-order chi connectivity index (χ0) is 16.2. The Hall–Kier alpha value is -2.11. The molecule has 1 aromatic rings. The number of hydrogen-bond donors (Lipinski definition) is 2. The lowest BCUT2D eigenvalue weighted by molar-refractivity contribution is -0.148. The molecule has 0 aromatic carbocycles. The van der Waals surface area contributed by atoms with Crippen molar-refractivity contribution in [3.8, 4) is 0 Å². The summed E-state index contributed by atoms with van der Waals surface area (Å²) in [6, 6.07) is 0. The highest BCUT2D eigenvalue weighted by atomic mass is 16.4. The molecule has 0 radical (unpaired) electrons. The molecule has 0 aliphatic carbocycles. The topological polar surface area (TPSA) is 84.2 Å². The van der Waals surface area contributed by atoms with Gasteiger partial charge in [0.2, 0.25) is 5.91 Å². The lowest BCUT2D eigenvalue weighted by atomic mass is 9.88. The van der Waals surface area contributed by atoms with Crippen LogP contribution in [0.3, 0.4) is 0 Å². The molecule has 116 valence electrons. The number of amides is 1. The molecule has 0 saturated heterocycles. The fourth-order valence-corrected chi connectivity index (χ4v) is 1.88. The summed E-state index contributed by atoms with van der Waals surface area (Å²) in [5.74, 6) is -1.22. The zero-order valence-corrected chi connectivity index (χ0v) is 13.2. The van der Waals surface area contributed by atoms with Gasteiger partial charge in [-0.3, -0.25) is 14.3 Å². The minimum atomic E-state index is -0.941. The highest BCUT2D eigenvalue weighted by molar-refractivity contribution is 5.92. The molecule has 0 bridgehead atoms. The number of hydrogen-bond acceptors (Lipinski definition) is 3. The molecular weight excluding hydrogens is 270 g/mol. The molecule has 6 heteroatoms. The Labute approximate surface area is 124 Å². The standard InChI is InChI=1S/C15H23N3O3/c1-6-15(4,14(20)21)9-16-13(19)8-7-12-10(2)17-18(5)11(12)3/h7-8H,6,9H2,1-5H3,(H,16,19)(H,20,21)/b8-7+. The summed E-state index contributed by atoms with van der Waals surface area (Å²) in [7, 11) is 1.85. The lowest BCUT2D eigenvalue weighted by Crippen LogP contribution is -2.40. The smallest absolute Gasteiger partial charge is 0.311 e. The fourth-order valence-electron chi connectivity index (χ4n) is 1.88. The number of carbonyl (C=O) groups excluding carboxylic acids is 1. The summed E-state index contributed by atoms with van der Waals surface area (Å²) >= 11 is 0. The minimum absolute atomic E-state index is 0.104. The van der Waals surface area contributed by atoms with Gasteiger partial charge in [-0.05, 0) is 33.3 Å². The third-order valence-electron chi connectivity index (χ3n) is 3.92. The molecule has 0 aliphatic rings. The maximum atomic E-state index is 11.8. The van der Waals surface area contributed by atoms with Crippen molar-refractivity contribution in [1.82, 2.24) is 15.1 Å². The molecule has 1 atom stereocenters. The predicted octanol–water partition coefficient (Wildman–Crippen LogP) is 1.67. The highest BCUT2D eigenvalue weighted by Crippen LogP contribution is 2.20. The van der Waals surface area contributed by atoms with Gasteiger partial charge in [0.05, 0.1) is 11.1 Å². The Morgan fingerprint density at radius 2 is 2.05 bits per heavy atom. The molecule has 21 heavy (non-hydrogen) atoms. The van der Waals surface area contributed by atoms with E-state index in [0.717, 1.165) is 17.0 Å². The predicted molar refractivity (Wildman–Crippen MR) is 80.8 cm³/mol. The van der Waals surface area contributed by atoms with E-state index in [9.17, 15) is 9.59 Å². The molecule has 0 spiro atoms. The molecule has 6 nitrogen and oxygen atoms in total. The third kappa shape index (κ3) is 3.93. The van der Waals surface area contributed by atoms with Gasteiger partial charge in [-0.15, -0.1) is 0 Å². The Balaban J connectivity index is 2.70. The van der Waals surface area contributed by atoms with E-state index in [1.807, 2.05) is 20.9 Å². The van der Waals surface area contributed by atoms with Crippen LogP contribution in [-0.2, 0) is 16.6 Å². The molecule has 1 heterocycles. The van der Waals surface area contributed by atoms with Gasteiger partial charge in [0.15, 0.2) is 0 Å². The van der Waals surface area contributed by atoms with Crippen LogP contribution >= 0.6 is 0 Å². The summed E-state index contributed by atoms with van der Waals surface area (Å²) in [5.41, 5.74) is 1.79. The van der Waals surface area contributed by atoms with Gasteiger partial charge in [-0.1, -0.05) is 6.92 Å². The van der Waals surface area contributed by atoms with Crippen LogP contribution in [0, 0.1) is 19.3 Å². The summed E-state index contributed by atoms with van der Waals surface area (Å²) in [5, 5.41) is 16.1. The molecule has 0 aliphatic heterocycles. The summed E-state index contributed by atoms with van der Waals surface area (Å²) in [6.45, 7) is 7.32. The fraction of sp³-hybridized carbons (Fsp3) is 0.533. The van der Waals surface area contributed by atoms with Crippen molar-refractivity contribution in [3.63, 3.8) is 0 Å². The largest absolute Gasteiger partial charge is 0.481 e. The van der Waals surface area contributed by atoms with Crippen molar-refractivity contribution in [2.45, 2.75) is 34.1 Å². The van der Waals surface area contributed by atoms with E-state index in [1.54, 1.807) is 24.6 Å². The first-order valence-electron chi connectivity index (χ1n) is 6.90. The number of nitrogens with zero attached hydrogens (tertiary/aromatic N) is 2. The van der Waals surface area contributed by atoms with E-state index in [-0.39, 0.29) is 12.5 Å². The molecule has 0 saturated carbocycles. The third-order valence-corrected chi connectivity index (χ3v) is 3.92. The number of rotatable bonds is 6. The van der Waals surface area contributed by atoms with Crippen molar-refractivity contribution in [2.24, 2.45) is 12.5 Å². The van der Waals surface area contributed by atoms with Crippen LogP contribution in [0.15, 0.2) is 6.08 Å². The van der Waals surface area contributed by atoms with Crippen LogP contribution in [0.4, 0.5) is 0 Å². The maximum Gasteiger partial charge on any atom is 0.311 e. The highest BCUT2D eigenvalue weighted by Gasteiger charge is 2.31. The number of nitrogens with one attached hydrogen (secondary N) is 1. The van der Waals surface area contributed by atoms with Crippen molar-refractivity contribution in [3.05, 3.63) is 23.0 Å². The second-order valence-electron chi connectivity index (χ2n) is 5.48. The van der Waals surface area contributed by atoms with Crippen molar-refractivity contribution < 1.29 is 14.7 Å². The van der Waals surface area contributed by atoms with Gasteiger partial charge in [-0.2, -0.15) is 5.10 Å². The average molecular weight is 293 g/mol. The minimum Gasteiger partial charge on any atom is -0.481 e. The molecule has 1 amide bonds. The summed E-state index contributed by atoms with van der Waals surface area (Å²) in [4.78, 5) is 23.0. The Kier molecular flexibility index (Phi) is 5.29. The second kappa shape index (κ2) is 6.56. The number of carboxylic acids is 1. The van der Waals surface area contributed by atoms with Crippen molar-refractivity contribution in [2.75, 3.05) is 6.54 Å². The van der Waals surface area contributed by atoms with E-state index >= 15 is 0 Å². The quantitative estimate of drug-likeness (QED) is 0.781. The second-order valence-corrected chi connectivity index (χ2v) is 5.48. The van der Waals surface area contributed by atoms with Crippen molar-refractivity contribution in [1.29, 1.82) is 0 Å². The van der Waals surface area contributed by atoms with Gasteiger partial charge in [0.25, 0.3) is 0 Å². The van der Waals surface area contributed by atoms with E-state index < -0.39 is 11.4 Å². The summed E-state index contributed by atoms with van der Waals surface area (Å²) in [6.07, 6.45) is 3.57. The number of aryl methyl sites for hydroxylation is 2. The molecule has 1 unspecified atom stereocenters. The number of aliphatic carboxylic acids is 1. The van der Waals surface area contributed by atoms with E-state index in [1.165, 1.54) is 6.08 Å². The monoisotopic (exact) mass is 293 g/mol. The van der Waals surface area contributed by atoms with Gasteiger partial charge in [0, 0.05) is 30.9 Å². The molecule has 2 N–H and O–H groups in total. The molecule has 0 fully saturated rings. The molecular formula is C15H23N3O3. The van der Waals surface area contributed by atoms with Gasteiger partial charge < -0.3 is 10.4 Å². The van der Waals surface area contributed by atoms with Gasteiger partial charge in [-0.25, -0.2) is 0 Å². The first-order chi connectivity index (χ1) is 9.71. The Morgan fingerprint density at radius 3 is 2.48 bits per heavy atom. The zero-order valence-electron chi connectivity index (χ0n) is 13.2. The van der Waals surface area contributed by atoms with Crippen LogP contribution < -0.4 is 5.32 Å². The summed E-state index contributed by atoms with van der Waals surface area (Å²) < 4.78 is 1.76. The van der Waals surface area contributed by atoms with Crippen LogP contribution in [-0.4, -0.2) is 33.3 Å². The number of carbonyl (C=O) groups is 2. The van der Waals surface area contributed by atoms with E-state index in [2.05, 4.69) is 10.4 Å². The number of carboxylic acid groups (broad SMARTS) is 1. The van der Waals surface area contributed by atoms with Gasteiger partial charge in [0.1, 0.15) is 0 Å². The van der Waals surface area contributed by atoms with E-state index in [0.29, 0.717) is 6.42 Å². The molecule has 1 aromatic heterocycles. The molecule has 1 rings (SSSR count).